The Morgan fingerprint density at radius 2 is 1.67 bits per heavy atom. The lowest BCUT2D eigenvalue weighted by atomic mass is 10.0. The standard InChI is InChI=1S/C27H28ClN3O5/c1-16(2)24(30-25(32)18-9-11-19(28)12-10-18)26(33)31-29-15-20-13-14-23(36-20)21-7-5-6-8-22(21)27(34)35-17(3)4/h5-17,24H,1-4H3,(H,30,32)(H,31,33). The zero-order chi connectivity index (χ0) is 26.2. The molecule has 0 aliphatic rings. The predicted molar refractivity (Wildman–Crippen MR) is 138 cm³/mol. The summed E-state index contributed by atoms with van der Waals surface area (Å²) in [6.07, 6.45) is 1.09. The van der Waals surface area contributed by atoms with Crippen molar-refractivity contribution in [2.75, 3.05) is 0 Å². The summed E-state index contributed by atoms with van der Waals surface area (Å²) in [5.41, 5.74) is 3.79. The van der Waals surface area contributed by atoms with Gasteiger partial charge in [0.1, 0.15) is 17.6 Å². The number of amides is 2. The summed E-state index contributed by atoms with van der Waals surface area (Å²) in [6.45, 7) is 7.19. The second-order valence-electron chi connectivity index (χ2n) is 8.64. The van der Waals surface area contributed by atoms with Crippen LogP contribution >= 0.6 is 11.6 Å². The van der Waals surface area contributed by atoms with E-state index in [-0.39, 0.29) is 12.0 Å². The van der Waals surface area contributed by atoms with Gasteiger partial charge >= 0.3 is 5.97 Å². The molecule has 0 saturated heterocycles. The number of furan rings is 1. The lowest BCUT2D eigenvalue weighted by Gasteiger charge is -2.20. The van der Waals surface area contributed by atoms with Gasteiger partial charge in [-0.05, 0) is 62.2 Å². The molecule has 2 N–H and O–H groups in total. The van der Waals surface area contributed by atoms with Gasteiger partial charge in [0, 0.05) is 16.1 Å². The van der Waals surface area contributed by atoms with Gasteiger partial charge in [0.2, 0.25) is 0 Å². The van der Waals surface area contributed by atoms with Gasteiger partial charge in [-0.2, -0.15) is 5.10 Å². The van der Waals surface area contributed by atoms with E-state index in [4.69, 9.17) is 20.8 Å². The Kier molecular flexibility index (Phi) is 9.02. The smallest absolute Gasteiger partial charge is 0.339 e. The van der Waals surface area contributed by atoms with E-state index in [0.717, 1.165) is 0 Å². The molecule has 2 aromatic carbocycles. The zero-order valence-corrected chi connectivity index (χ0v) is 21.2. The average Bonchev–Trinajstić information content (AvgIpc) is 3.31. The molecular weight excluding hydrogens is 482 g/mol. The summed E-state index contributed by atoms with van der Waals surface area (Å²) in [7, 11) is 0. The number of hydrogen-bond donors (Lipinski definition) is 2. The summed E-state index contributed by atoms with van der Waals surface area (Å²) in [5, 5.41) is 7.20. The maximum absolute atomic E-state index is 12.7. The summed E-state index contributed by atoms with van der Waals surface area (Å²) in [5.74, 6) is -0.682. The van der Waals surface area contributed by atoms with Crippen molar-refractivity contribution in [1.82, 2.24) is 10.7 Å². The first-order chi connectivity index (χ1) is 17.2. The van der Waals surface area contributed by atoms with Gasteiger partial charge in [-0.25, -0.2) is 10.2 Å². The molecule has 0 fully saturated rings. The van der Waals surface area contributed by atoms with Crippen LogP contribution in [0.25, 0.3) is 11.3 Å². The van der Waals surface area contributed by atoms with E-state index in [2.05, 4.69) is 15.8 Å². The third kappa shape index (κ3) is 7.05. The van der Waals surface area contributed by atoms with Crippen molar-refractivity contribution < 1.29 is 23.5 Å². The molecule has 0 spiro atoms. The minimum atomic E-state index is -0.809. The van der Waals surface area contributed by atoms with Crippen molar-refractivity contribution in [3.8, 4) is 11.3 Å². The first-order valence-corrected chi connectivity index (χ1v) is 11.8. The van der Waals surface area contributed by atoms with Gasteiger partial charge in [0.25, 0.3) is 11.8 Å². The lowest BCUT2D eigenvalue weighted by Crippen LogP contribution is -2.48. The van der Waals surface area contributed by atoms with Gasteiger partial charge < -0.3 is 14.5 Å². The zero-order valence-electron chi connectivity index (χ0n) is 20.4. The Morgan fingerprint density at radius 3 is 2.33 bits per heavy atom. The highest BCUT2D eigenvalue weighted by Crippen LogP contribution is 2.26. The Balaban J connectivity index is 1.66. The molecule has 0 aliphatic carbocycles. The molecule has 2 amide bonds. The molecule has 3 aromatic rings. The van der Waals surface area contributed by atoms with E-state index >= 15 is 0 Å². The average molecular weight is 510 g/mol. The van der Waals surface area contributed by atoms with E-state index < -0.39 is 23.8 Å². The minimum Gasteiger partial charge on any atom is -0.459 e. The monoisotopic (exact) mass is 509 g/mol. The van der Waals surface area contributed by atoms with Crippen molar-refractivity contribution >= 4 is 35.6 Å². The largest absolute Gasteiger partial charge is 0.459 e. The molecule has 0 radical (unpaired) electrons. The molecule has 0 aliphatic heterocycles. The molecule has 1 unspecified atom stereocenters. The molecular formula is C27H28ClN3O5. The Morgan fingerprint density at radius 1 is 0.972 bits per heavy atom. The molecule has 3 rings (SSSR count). The number of hydrazone groups is 1. The quantitative estimate of drug-likeness (QED) is 0.238. The minimum absolute atomic E-state index is 0.186. The number of carbonyl (C=O) groups excluding carboxylic acids is 3. The normalized spacial score (nSPS) is 12.1. The van der Waals surface area contributed by atoms with Gasteiger partial charge in [0.05, 0.1) is 17.9 Å². The second-order valence-corrected chi connectivity index (χ2v) is 9.07. The maximum Gasteiger partial charge on any atom is 0.339 e. The number of ether oxygens (including phenoxy) is 1. The number of benzene rings is 2. The van der Waals surface area contributed by atoms with Crippen LogP contribution < -0.4 is 10.7 Å². The highest BCUT2D eigenvalue weighted by molar-refractivity contribution is 6.30. The van der Waals surface area contributed by atoms with Gasteiger partial charge in [0.15, 0.2) is 0 Å². The lowest BCUT2D eigenvalue weighted by molar-refractivity contribution is -0.123. The van der Waals surface area contributed by atoms with Crippen LogP contribution in [-0.2, 0) is 9.53 Å². The molecule has 1 heterocycles. The predicted octanol–water partition coefficient (Wildman–Crippen LogP) is 5.07. The fourth-order valence-corrected chi connectivity index (χ4v) is 3.44. The second kappa shape index (κ2) is 12.2. The van der Waals surface area contributed by atoms with E-state index in [0.29, 0.717) is 33.2 Å². The van der Waals surface area contributed by atoms with Crippen molar-refractivity contribution in [2.24, 2.45) is 11.0 Å². The highest BCUT2D eigenvalue weighted by Gasteiger charge is 2.24. The summed E-state index contributed by atoms with van der Waals surface area (Å²) in [4.78, 5) is 37.6. The van der Waals surface area contributed by atoms with Crippen LogP contribution in [0, 0.1) is 5.92 Å². The third-order valence-electron chi connectivity index (χ3n) is 5.09. The van der Waals surface area contributed by atoms with Gasteiger partial charge in [-0.1, -0.05) is 43.6 Å². The number of halogens is 1. The first-order valence-electron chi connectivity index (χ1n) is 11.4. The van der Waals surface area contributed by atoms with Crippen molar-refractivity contribution in [3.63, 3.8) is 0 Å². The fourth-order valence-electron chi connectivity index (χ4n) is 3.31. The molecule has 9 heteroatoms. The van der Waals surface area contributed by atoms with Gasteiger partial charge in [-0.15, -0.1) is 0 Å². The number of nitrogens with zero attached hydrogens (tertiary/aromatic N) is 1. The number of hydrogen-bond acceptors (Lipinski definition) is 6. The summed E-state index contributed by atoms with van der Waals surface area (Å²) >= 11 is 5.87. The number of esters is 1. The molecule has 188 valence electrons. The molecule has 0 saturated carbocycles. The molecule has 8 nitrogen and oxygen atoms in total. The molecule has 36 heavy (non-hydrogen) atoms. The number of carbonyl (C=O) groups is 3. The van der Waals surface area contributed by atoms with Crippen LogP contribution in [0.5, 0.6) is 0 Å². The molecule has 0 bridgehead atoms. The van der Waals surface area contributed by atoms with E-state index in [1.807, 2.05) is 13.8 Å². The third-order valence-corrected chi connectivity index (χ3v) is 5.34. The van der Waals surface area contributed by atoms with Crippen LogP contribution in [-0.4, -0.2) is 36.1 Å². The van der Waals surface area contributed by atoms with E-state index in [1.54, 1.807) is 74.5 Å². The fraction of sp³-hybridized carbons (Fsp3) is 0.259. The Bertz CT molecular complexity index is 1250. The molecule has 1 aromatic heterocycles. The maximum atomic E-state index is 12.7. The summed E-state index contributed by atoms with van der Waals surface area (Å²) in [6, 6.07) is 15.9. The number of nitrogens with one attached hydrogen (secondary N) is 2. The Hall–Kier alpha value is -3.91. The van der Waals surface area contributed by atoms with Crippen LogP contribution in [0.1, 0.15) is 54.2 Å². The SMILES string of the molecule is CC(C)OC(=O)c1ccccc1-c1ccc(C=NNC(=O)C(NC(=O)c2ccc(Cl)cc2)C(C)C)o1. The van der Waals surface area contributed by atoms with Crippen LogP contribution in [0.15, 0.2) is 70.2 Å². The number of rotatable bonds is 9. The van der Waals surface area contributed by atoms with Crippen molar-refractivity contribution in [2.45, 2.75) is 39.8 Å². The topological polar surface area (TPSA) is 110 Å². The van der Waals surface area contributed by atoms with Crippen LogP contribution in [0.3, 0.4) is 0 Å². The van der Waals surface area contributed by atoms with E-state index in [1.165, 1.54) is 6.21 Å². The first kappa shape index (κ1) is 26.7. The van der Waals surface area contributed by atoms with Crippen molar-refractivity contribution in [3.05, 3.63) is 82.6 Å². The Labute approximate surface area is 214 Å². The van der Waals surface area contributed by atoms with E-state index in [9.17, 15) is 14.4 Å². The molecule has 1 atom stereocenters. The van der Waals surface area contributed by atoms with Crippen LogP contribution in [0.2, 0.25) is 5.02 Å². The van der Waals surface area contributed by atoms with Gasteiger partial charge in [-0.3, -0.25) is 9.59 Å². The summed E-state index contributed by atoms with van der Waals surface area (Å²) < 4.78 is 11.1. The highest BCUT2D eigenvalue weighted by atomic mass is 35.5. The van der Waals surface area contributed by atoms with Crippen LogP contribution in [0.4, 0.5) is 0 Å². The van der Waals surface area contributed by atoms with Crippen molar-refractivity contribution in [1.29, 1.82) is 0 Å².